The second kappa shape index (κ2) is 5.34. The van der Waals surface area contributed by atoms with Crippen LogP contribution in [0.1, 0.15) is 0 Å². The fraction of sp³-hybridized carbons (Fsp3) is 0. The summed E-state index contributed by atoms with van der Waals surface area (Å²) in [6.07, 6.45) is 0.769. The van der Waals surface area contributed by atoms with Gasteiger partial charge in [-0.2, -0.15) is 0 Å². The average molecular weight is 178 g/mol. The molecular weight excluding hydrogens is 176 g/mol. The Hall–Kier alpha value is -0.801. The maximum atomic E-state index is 9.41. The van der Waals surface area contributed by atoms with Crippen molar-refractivity contribution in [1.82, 2.24) is 0 Å². The van der Waals surface area contributed by atoms with E-state index >= 15 is 0 Å². The molecule has 0 bridgehead atoms. The fourth-order valence-electron chi connectivity index (χ4n) is 0.136. The Morgan fingerprint density at radius 3 is 1.33 bits per heavy atom. The van der Waals surface area contributed by atoms with E-state index in [2.05, 4.69) is 0 Å². The summed E-state index contributed by atoms with van der Waals surface area (Å²) >= 11 is 0. The van der Waals surface area contributed by atoms with Crippen LogP contribution in [0.25, 0.3) is 0 Å². The number of hydrogen-bond donors (Lipinski definition) is 0. The van der Waals surface area contributed by atoms with Crippen LogP contribution < -0.4 is 10.2 Å². The Morgan fingerprint density at radius 1 is 1.00 bits per heavy atom. The van der Waals surface area contributed by atoms with Crippen LogP contribution in [0.5, 0.6) is 0 Å². The predicted octanol–water partition coefficient (Wildman–Crippen LogP) is -2.96. The third kappa shape index (κ3) is 11.0. The van der Waals surface area contributed by atoms with Gasteiger partial charge in [0.15, 0.2) is 0 Å². The van der Waals surface area contributed by atoms with Crippen LogP contribution in [-0.2, 0) is 26.7 Å². The summed E-state index contributed by atoms with van der Waals surface area (Å²) in [5.74, 6) is -3.09. The molecule has 53 valence electrons. The summed E-state index contributed by atoms with van der Waals surface area (Å²) in [6, 6.07) is 0. The molecule has 0 aromatic rings. The smallest absolute Gasteiger partial charge is 0.545 e. The summed E-state index contributed by atoms with van der Waals surface area (Å²) < 4.78 is 0. The zero-order chi connectivity index (χ0) is 6.57. The van der Waals surface area contributed by atoms with Gasteiger partial charge in [-0.3, -0.25) is 0 Å². The Kier molecular flexibility index (Phi) is 6.56. The summed E-state index contributed by atoms with van der Waals surface area (Å²) in [5, 5.41) is 18.8. The summed E-state index contributed by atoms with van der Waals surface area (Å²) in [5.41, 5.74) is 0. The van der Waals surface area contributed by atoms with Gasteiger partial charge in [0.1, 0.15) is 0 Å². The zero-order valence-corrected chi connectivity index (χ0v) is 5.03. The SMILES string of the molecule is O=C([O-])C=CC(=O)[O-].[Cu+2]. The van der Waals surface area contributed by atoms with Gasteiger partial charge in [0, 0.05) is 0 Å². The van der Waals surface area contributed by atoms with Gasteiger partial charge in [-0.25, -0.2) is 0 Å². The number of carbonyl (C=O) groups is 2. The molecule has 0 unspecified atom stereocenters. The van der Waals surface area contributed by atoms with Crippen LogP contribution in [0.3, 0.4) is 0 Å². The Bertz CT molecular complexity index is 124. The first-order valence-corrected chi connectivity index (χ1v) is 1.73. The van der Waals surface area contributed by atoms with Crippen LogP contribution in [0.2, 0.25) is 0 Å². The van der Waals surface area contributed by atoms with Crippen molar-refractivity contribution in [1.29, 1.82) is 0 Å². The third-order valence-corrected chi connectivity index (χ3v) is 0.355. The van der Waals surface area contributed by atoms with E-state index in [0.717, 1.165) is 0 Å². The second-order valence-electron chi connectivity index (χ2n) is 0.971. The maximum Gasteiger partial charge on any atom is 2.00 e. The van der Waals surface area contributed by atoms with E-state index in [1.54, 1.807) is 0 Å². The molecule has 0 amide bonds. The topological polar surface area (TPSA) is 80.3 Å². The number of aliphatic carboxylic acids is 2. The van der Waals surface area contributed by atoms with Crippen molar-refractivity contribution < 1.29 is 36.9 Å². The van der Waals surface area contributed by atoms with Crippen LogP contribution in [0.15, 0.2) is 12.2 Å². The minimum atomic E-state index is -1.55. The minimum Gasteiger partial charge on any atom is -0.545 e. The molecule has 9 heavy (non-hydrogen) atoms. The molecule has 0 saturated heterocycles. The normalized spacial score (nSPS) is 8.44. The molecule has 0 aliphatic heterocycles. The van der Waals surface area contributed by atoms with E-state index in [9.17, 15) is 19.8 Å². The van der Waals surface area contributed by atoms with Crippen molar-refractivity contribution in [3.8, 4) is 0 Å². The molecule has 0 spiro atoms. The van der Waals surface area contributed by atoms with Gasteiger partial charge < -0.3 is 19.8 Å². The predicted molar refractivity (Wildman–Crippen MR) is 19.2 cm³/mol. The van der Waals surface area contributed by atoms with E-state index in [-0.39, 0.29) is 17.1 Å². The first-order chi connectivity index (χ1) is 3.63. The molecule has 1 radical (unpaired) electrons. The molecular formula is C4H2CuO4. The number of carboxylic acids is 2. The largest absolute Gasteiger partial charge is 2.00 e. The molecule has 0 N–H and O–H groups in total. The number of hydrogen-bond acceptors (Lipinski definition) is 4. The van der Waals surface area contributed by atoms with Gasteiger partial charge in [-0.15, -0.1) is 0 Å². The molecule has 0 aromatic heterocycles. The number of carboxylic acid groups (broad SMARTS) is 2. The van der Waals surface area contributed by atoms with Crippen LogP contribution >= 0.6 is 0 Å². The quantitative estimate of drug-likeness (QED) is 0.334. The van der Waals surface area contributed by atoms with Gasteiger partial charge in [0.25, 0.3) is 0 Å². The van der Waals surface area contributed by atoms with E-state index in [4.69, 9.17) is 0 Å². The molecule has 0 aromatic carbocycles. The van der Waals surface area contributed by atoms with Crippen molar-refractivity contribution in [2.45, 2.75) is 0 Å². The van der Waals surface area contributed by atoms with Crippen molar-refractivity contribution in [3.63, 3.8) is 0 Å². The summed E-state index contributed by atoms with van der Waals surface area (Å²) in [6.45, 7) is 0. The van der Waals surface area contributed by atoms with Crippen LogP contribution in [0.4, 0.5) is 0 Å². The van der Waals surface area contributed by atoms with E-state index in [0.29, 0.717) is 12.2 Å². The van der Waals surface area contributed by atoms with E-state index in [1.165, 1.54) is 0 Å². The Labute approximate surface area is 61.7 Å². The number of rotatable bonds is 2. The summed E-state index contributed by atoms with van der Waals surface area (Å²) in [4.78, 5) is 18.8. The molecule has 0 aliphatic carbocycles. The molecule has 0 heterocycles. The van der Waals surface area contributed by atoms with Gasteiger partial charge in [0.05, 0.1) is 11.9 Å². The first kappa shape index (κ1) is 11.1. The van der Waals surface area contributed by atoms with Gasteiger partial charge in [0.2, 0.25) is 0 Å². The van der Waals surface area contributed by atoms with Crippen LogP contribution in [-0.4, -0.2) is 11.9 Å². The maximum absolute atomic E-state index is 9.41. The van der Waals surface area contributed by atoms with Gasteiger partial charge >= 0.3 is 17.1 Å². The molecule has 4 nitrogen and oxygen atoms in total. The second-order valence-corrected chi connectivity index (χ2v) is 0.971. The van der Waals surface area contributed by atoms with E-state index in [1.807, 2.05) is 0 Å². The Morgan fingerprint density at radius 2 is 1.22 bits per heavy atom. The molecule has 0 saturated carbocycles. The van der Waals surface area contributed by atoms with Gasteiger partial charge in [-0.05, 0) is 12.2 Å². The number of carbonyl (C=O) groups excluding carboxylic acids is 2. The monoisotopic (exact) mass is 177 g/mol. The third-order valence-electron chi connectivity index (χ3n) is 0.355. The molecule has 0 rings (SSSR count). The fourth-order valence-corrected chi connectivity index (χ4v) is 0.136. The van der Waals surface area contributed by atoms with Crippen molar-refractivity contribution >= 4 is 11.9 Å². The molecule has 5 heteroatoms. The molecule has 0 fully saturated rings. The van der Waals surface area contributed by atoms with Crippen LogP contribution in [0, 0.1) is 0 Å². The average Bonchev–Trinajstić information content (AvgIpc) is 1.61. The van der Waals surface area contributed by atoms with Crippen molar-refractivity contribution in [2.24, 2.45) is 0 Å². The summed E-state index contributed by atoms with van der Waals surface area (Å²) in [7, 11) is 0. The zero-order valence-electron chi connectivity index (χ0n) is 4.09. The van der Waals surface area contributed by atoms with Gasteiger partial charge in [-0.1, -0.05) is 0 Å². The molecule has 0 aliphatic rings. The standard InChI is InChI=1S/C4H4O4.Cu/c5-3(6)1-2-4(7)8;/h1-2H,(H,5,6)(H,7,8);/q;+2/p-2. The van der Waals surface area contributed by atoms with E-state index < -0.39 is 11.9 Å². The van der Waals surface area contributed by atoms with Crippen molar-refractivity contribution in [2.75, 3.05) is 0 Å². The Balaban J connectivity index is 0. The van der Waals surface area contributed by atoms with Crippen molar-refractivity contribution in [3.05, 3.63) is 12.2 Å². The minimum absolute atomic E-state index is 0. The first-order valence-electron chi connectivity index (χ1n) is 1.73. The molecule has 0 atom stereocenters.